The van der Waals surface area contributed by atoms with Crippen molar-refractivity contribution >= 4 is 11.6 Å². The van der Waals surface area contributed by atoms with Crippen LogP contribution >= 0.6 is 0 Å². The van der Waals surface area contributed by atoms with Crippen LogP contribution in [-0.2, 0) is 0 Å². The minimum absolute atomic E-state index is 0.0875. The van der Waals surface area contributed by atoms with Crippen molar-refractivity contribution in [3.05, 3.63) is 29.3 Å². The molecule has 1 N–H and O–H groups in total. The average Bonchev–Trinajstić information content (AvgIpc) is 2.37. The van der Waals surface area contributed by atoms with Gasteiger partial charge in [0, 0.05) is 31.9 Å². The molecule has 0 bridgehead atoms. The van der Waals surface area contributed by atoms with E-state index in [0.29, 0.717) is 0 Å². The fourth-order valence-electron chi connectivity index (χ4n) is 2.02. The largest absolute Gasteiger partial charge is 0.388 e. The summed E-state index contributed by atoms with van der Waals surface area (Å²) in [6.07, 6.45) is 0.989. The molecule has 0 fully saturated rings. The Hall–Kier alpha value is -1.55. The summed E-state index contributed by atoms with van der Waals surface area (Å²) >= 11 is 0. The van der Waals surface area contributed by atoms with E-state index >= 15 is 0 Å². The maximum atomic E-state index is 12.3. The second-order valence-corrected chi connectivity index (χ2v) is 5.16. The molecule has 1 aromatic rings. The monoisotopic (exact) mass is 263 g/mol. The third-order valence-corrected chi connectivity index (χ3v) is 3.19. The maximum Gasteiger partial charge on any atom is 0.253 e. The van der Waals surface area contributed by atoms with Crippen LogP contribution in [0, 0.1) is 6.92 Å². The quantitative estimate of drug-likeness (QED) is 0.853. The lowest BCUT2D eigenvalue weighted by molar-refractivity contribution is 0.0790. The van der Waals surface area contributed by atoms with Crippen molar-refractivity contribution in [3.63, 3.8) is 0 Å². The number of nitrogens with zero attached hydrogens (tertiary/aromatic N) is 2. The molecule has 0 saturated carbocycles. The molecule has 4 nitrogen and oxygen atoms in total. The molecule has 1 rings (SSSR count). The van der Waals surface area contributed by atoms with E-state index in [1.807, 2.05) is 53.3 Å². The summed E-state index contributed by atoms with van der Waals surface area (Å²) in [5.41, 5.74) is 2.91. The summed E-state index contributed by atoms with van der Waals surface area (Å²) in [5.74, 6) is 0.0875. The summed E-state index contributed by atoms with van der Waals surface area (Å²) in [7, 11) is 7.83. The molecule has 0 aliphatic rings. The van der Waals surface area contributed by atoms with E-state index in [2.05, 4.69) is 10.2 Å². The van der Waals surface area contributed by atoms with Gasteiger partial charge in [0.2, 0.25) is 0 Å². The molecule has 0 atom stereocenters. The molecule has 0 heterocycles. The first kappa shape index (κ1) is 15.5. The highest BCUT2D eigenvalue weighted by atomic mass is 16.2. The third kappa shape index (κ3) is 4.56. The van der Waals surface area contributed by atoms with Gasteiger partial charge in [-0.3, -0.25) is 4.79 Å². The fraction of sp³-hybridized carbons (Fsp3) is 0.533. The normalized spacial score (nSPS) is 10.6. The van der Waals surface area contributed by atoms with E-state index in [0.717, 1.165) is 36.3 Å². The standard InChI is InChI=1S/C15H25N3O/c1-12-11-13(7-8-14(12)16-2)15(19)18(5)10-6-9-17(3)4/h7-8,11,16H,6,9-10H2,1-5H3. The smallest absolute Gasteiger partial charge is 0.253 e. The Bertz CT molecular complexity index is 429. The van der Waals surface area contributed by atoms with Gasteiger partial charge in [-0.15, -0.1) is 0 Å². The summed E-state index contributed by atoms with van der Waals surface area (Å²) in [4.78, 5) is 16.2. The van der Waals surface area contributed by atoms with Crippen LogP contribution in [0.15, 0.2) is 18.2 Å². The van der Waals surface area contributed by atoms with E-state index in [1.54, 1.807) is 4.90 Å². The molecule has 0 aliphatic carbocycles. The number of hydrogen-bond acceptors (Lipinski definition) is 3. The molecule has 4 heteroatoms. The third-order valence-electron chi connectivity index (χ3n) is 3.19. The zero-order valence-corrected chi connectivity index (χ0v) is 12.7. The summed E-state index contributed by atoms with van der Waals surface area (Å²) in [6, 6.07) is 5.77. The highest BCUT2D eigenvalue weighted by molar-refractivity contribution is 5.94. The average molecular weight is 263 g/mol. The Morgan fingerprint density at radius 1 is 1.21 bits per heavy atom. The molecule has 0 spiro atoms. The number of benzene rings is 1. The van der Waals surface area contributed by atoms with E-state index in [9.17, 15) is 4.79 Å². The summed E-state index contributed by atoms with van der Waals surface area (Å²) in [6.45, 7) is 3.79. The van der Waals surface area contributed by atoms with Crippen molar-refractivity contribution < 1.29 is 4.79 Å². The molecule has 106 valence electrons. The number of hydrogen-bond donors (Lipinski definition) is 1. The number of carbonyl (C=O) groups excluding carboxylic acids is 1. The lowest BCUT2D eigenvalue weighted by Gasteiger charge is -2.19. The Morgan fingerprint density at radius 2 is 1.89 bits per heavy atom. The van der Waals surface area contributed by atoms with Gasteiger partial charge in [-0.25, -0.2) is 0 Å². The summed E-state index contributed by atoms with van der Waals surface area (Å²) < 4.78 is 0. The predicted octanol–water partition coefficient (Wildman–Crippen LogP) is 2.06. The topological polar surface area (TPSA) is 35.6 Å². The first-order valence-corrected chi connectivity index (χ1v) is 6.64. The Balaban J connectivity index is 2.64. The van der Waals surface area contributed by atoms with Gasteiger partial charge >= 0.3 is 0 Å². The van der Waals surface area contributed by atoms with Gasteiger partial charge in [0.25, 0.3) is 5.91 Å². The van der Waals surface area contributed by atoms with E-state index < -0.39 is 0 Å². The number of anilines is 1. The number of aryl methyl sites for hydroxylation is 1. The predicted molar refractivity (Wildman–Crippen MR) is 80.9 cm³/mol. The maximum absolute atomic E-state index is 12.3. The molecule has 19 heavy (non-hydrogen) atoms. The van der Waals surface area contributed by atoms with Crippen LogP contribution in [0.3, 0.4) is 0 Å². The molecule has 0 aliphatic heterocycles. The van der Waals surface area contributed by atoms with Gasteiger partial charge in [-0.05, 0) is 57.7 Å². The molecule has 0 aromatic heterocycles. The van der Waals surface area contributed by atoms with Crippen LogP contribution in [0.5, 0.6) is 0 Å². The lowest BCUT2D eigenvalue weighted by Crippen LogP contribution is -2.29. The van der Waals surface area contributed by atoms with Gasteiger partial charge in [0.05, 0.1) is 0 Å². The zero-order chi connectivity index (χ0) is 14.4. The van der Waals surface area contributed by atoms with Crippen molar-refractivity contribution in [1.82, 2.24) is 9.80 Å². The van der Waals surface area contributed by atoms with E-state index in [4.69, 9.17) is 0 Å². The van der Waals surface area contributed by atoms with Crippen LogP contribution in [0.2, 0.25) is 0 Å². The number of rotatable bonds is 6. The van der Waals surface area contributed by atoms with Crippen molar-refractivity contribution in [3.8, 4) is 0 Å². The van der Waals surface area contributed by atoms with Gasteiger partial charge < -0.3 is 15.1 Å². The fourth-order valence-corrected chi connectivity index (χ4v) is 2.02. The number of nitrogens with one attached hydrogen (secondary N) is 1. The zero-order valence-electron chi connectivity index (χ0n) is 12.7. The molecule has 0 saturated heterocycles. The van der Waals surface area contributed by atoms with Gasteiger partial charge in [-0.2, -0.15) is 0 Å². The molecule has 1 amide bonds. The van der Waals surface area contributed by atoms with Gasteiger partial charge in [-0.1, -0.05) is 0 Å². The molecular formula is C15H25N3O. The minimum atomic E-state index is 0.0875. The van der Waals surface area contributed by atoms with Crippen molar-refractivity contribution in [2.24, 2.45) is 0 Å². The van der Waals surface area contributed by atoms with Crippen molar-refractivity contribution in [1.29, 1.82) is 0 Å². The number of amides is 1. The number of carbonyl (C=O) groups is 1. The Morgan fingerprint density at radius 3 is 2.42 bits per heavy atom. The highest BCUT2D eigenvalue weighted by Gasteiger charge is 2.12. The van der Waals surface area contributed by atoms with Crippen LogP contribution in [0.25, 0.3) is 0 Å². The summed E-state index contributed by atoms with van der Waals surface area (Å²) in [5, 5.41) is 3.11. The van der Waals surface area contributed by atoms with E-state index in [-0.39, 0.29) is 5.91 Å². The van der Waals surface area contributed by atoms with Crippen molar-refractivity contribution in [2.45, 2.75) is 13.3 Å². The van der Waals surface area contributed by atoms with Crippen molar-refractivity contribution in [2.75, 3.05) is 46.6 Å². The minimum Gasteiger partial charge on any atom is -0.388 e. The highest BCUT2D eigenvalue weighted by Crippen LogP contribution is 2.16. The van der Waals surface area contributed by atoms with Gasteiger partial charge in [0.1, 0.15) is 0 Å². The van der Waals surface area contributed by atoms with E-state index in [1.165, 1.54) is 0 Å². The van der Waals surface area contributed by atoms with Crippen LogP contribution in [0.4, 0.5) is 5.69 Å². The molecule has 1 aromatic carbocycles. The first-order chi connectivity index (χ1) is 8.95. The van der Waals surface area contributed by atoms with Crippen LogP contribution in [0.1, 0.15) is 22.3 Å². The van der Waals surface area contributed by atoms with Crippen LogP contribution < -0.4 is 5.32 Å². The van der Waals surface area contributed by atoms with Gasteiger partial charge in [0.15, 0.2) is 0 Å². The molecule has 0 unspecified atom stereocenters. The van der Waals surface area contributed by atoms with Crippen LogP contribution in [-0.4, -0.2) is 57.0 Å². The Labute approximate surface area is 116 Å². The molecular weight excluding hydrogens is 238 g/mol. The molecule has 0 radical (unpaired) electrons. The first-order valence-electron chi connectivity index (χ1n) is 6.64. The SMILES string of the molecule is CNc1ccc(C(=O)N(C)CCCN(C)C)cc1C. The second kappa shape index (κ2) is 7.14. The second-order valence-electron chi connectivity index (χ2n) is 5.16. The Kier molecular flexibility index (Phi) is 5.83. The lowest BCUT2D eigenvalue weighted by atomic mass is 10.1.